The number of methoxy groups -OCH3 is 2. The fourth-order valence-corrected chi connectivity index (χ4v) is 2.84. The Morgan fingerprint density at radius 3 is 2.67 bits per heavy atom. The summed E-state index contributed by atoms with van der Waals surface area (Å²) in [5, 5.41) is 5.42. The minimum atomic E-state index is -0.375. The van der Waals surface area contributed by atoms with Crippen LogP contribution in [0.15, 0.2) is 24.5 Å². The maximum Gasteiger partial charge on any atom is 0.354 e. The summed E-state index contributed by atoms with van der Waals surface area (Å²) in [6, 6.07) is 3.79. The van der Waals surface area contributed by atoms with Gasteiger partial charge < -0.3 is 14.0 Å². The van der Waals surface area contributed by atoms with Gasteiger partial charge in [-0.05, 0) is 26.0 Å². The number of ether oxygens (including phenoxy) is 2. The van der Waals surface area contributed by atoms with Crippen LogP contribution in [0.2, 0.25) is 0 Å². The molecule has 3 aromatic heterocycles. The molecule has 0 amide bonds. The van der Waals surface area contributed by atoms with Crippen molar-refractivity contribution in [3.63, 3.8) is 0 Å². The van der Waals surface area contributed by atoms with Gasteiger partial charge in [0.15, 0.2) is 0 Å². The second-order valence-electron chi connectivity index (χ2n) is 5.79. The fraction of sp³-hybridized carbons (Fsp3) is 0.353. The Hall–Kier alpha value is -2.83. The molecule has 0 aliphatic carbocycles. The number of hydrogen-bond acceptors (Lipinski definition) is 5. The summed E-state index contributed by atoms with van der Waals surface area (Å²) in [6.07, 6.45) is 3.59. The van der Waals surface area contributed by atoms with Gasteiger partial charge in [0, 0.05) is 31.0 Å². The van der Waals surface area contributed by atoms with Crippen molar-refractivity contribution in [3.05, 3.63) is 30.2 Å². The van der Waals surface area contributed by atoms with Crippen molar-refractivity contribution in [2.24, 2.45) is 7.05 Å². The zero-order valence-corrected chi connectivity index (χ0v) is 14.4. The van der Waals surface area contributed by atoms with E-state index in [1.165, 1.54) is 7.11 Å². The maximum absolute atomic E-state index is 12.1. The summed E-state index contributed by atoms with van der Waals surface area (Å²) in [4.78, 5) is 16.3. The van der Waals surface area contributed by atoms with Gasteiger partial charge in [0.05, 0.1) is 25.1 Å². The van der Waals surface area contributed by atoms with Gasteiger partial charge in [-0.2, -0.15) is 5.10 Å². The predicted octanol–water partition coefficient (Wildman–Crippen LogP) is 2.81. The van der Waals surface area contributed by atoms with E-state index in [-0.39, 0.29) is 12.0 Å². The summed E-state index contributed by atoms with van der Waals surface area (Å²) in [7, 11) is 4.83. The molecule has 24 heavy (non-hydrogen) atoms. The van der Waals surface area contributed by atoms with Gasteiger partial charge in [-0.3, -0.25) is 4.68 Å². The van der Waals surface area contributed by atoms with Crippen LogP contribution in [0, 0.1) is 0 Å². The molecule has 3 aromatic rings. The van der Waals surface area contributed by atoms with E-state index < -0.39 is 0 Å². The van der Waals surface area contributed by atoms with Crippen LogP contribution < -0.4 is 4.74 Å². The SMILES string of the molecule is COC(=O)c1cc(-c2nn(C)c3ccnc(OC)c23)cn1C(C)C. The molecule has 0 N–H and O–H groups in total. The van der Waals surface area contributed by atoms with Gasteiger partial charge in [-0.15, -0.1) is 0 Å². The molecule has 3 heterocycles. The molecule has 0 saturated heterocycles. The fourth-order valence-electron chi connectivity index (χ4n) is 2.84. The van der Waals surface area contributed by atoms with Crippen molar-refractivity contribution in [1.29, 1.82) is 0 Å². The van der Waals surface area contributed by atoms with E-state index in [1.54, 1.807) is 24.1 Å². The molecule has 0 unspecified atom stereocenters. The predicted molar refractivity (Wildman–Crippen MR) is 90.2 cm³/mol. The molecule has 7 heteroatoms. The number of nitrogens with zero attached hydrogens (tertiary/aromatic N) is 4. The van der Waals surface area contributed by atoms with E-state index in [0.717, 1.165) is 22.2 Å². The van der Waals surface area contributed by atoms with Crippen LogP contribution in [0.5, 0.6) is 5.88 Å². The Labute approximate surface area is 139 Å². The lowest BCUT2D eigenvalue weighted by Gasteiger charge is -2.10. The average molecular weight is 328 g/mol. The average Bonchev–Trinajstić information content (AvgIpc) is 3.16. The summed E-state index contributed by atoms with van der Waals surface area (Å²) in [5.41, 5.74) is 2.95. The lowest BCUT2D eigenvalue weighted by Crippen LogP contribution is -2.11. The van der Waals surface area contributed by atoms with Gasteiger partial charge in [-0.1, -0.05) is 0 Å². The number of hydrogen-bond donors (Lipinski definition) is 0. The Morgan fingerprint density at radius 1 is 1.29 bits per heavy atom. The van der Waals surface area contributed by atoms with Crippen molar-refractivity contribution in [2.75, 3.05) is 14.2 Å². The number of esters is 1. The van der Waals surface area contributed by atoms with Crippen molar-refractivity contribution < 1.29 is 14.3 Å². The van der Waals surface area contributed by atoms with Crippen molar-refractivity contribution in [3.8, 4) is 17.1 Å². The van der Waals surface area contributed by atoms with Crippen LogP contribution in [-0.2, 0) is 11.8 Å². The maximum atomic E-state index is 12.1. The molecule has 0 bridgehead atoms. The van der Waals surface area contributed by atoms with E-state index in [2.05, 4.69) is 10.1 Å². The molecule has 0 fully saturated rings. The molecule has 7 nitrogen and oxygen atoms in total. The van der Waals surface area contributed by atoms with E-state index in [9.17, 15) is 4.79 Å². The largest absolute Gasteiger partial charge is 0.480 e. The molecule has 0 atom stereocenters. The summed E-state index contributed by atoms with van der Waals surface area (Å²) >= 11 is 0. The molecular weight excluding hydrogens is 308 g/mol. The number of rotatable bonds is 4. The van der Waals surface area contributed by atoms with E-state index in [0.29, 0.717) is 11.6 Å². The quantitative estimate of drug-likeness (QED) is 0.689. The summed E-state index contributed by atoms with van der Waals surface area (Å²) in [5.74, 6) is 0.132. The van der Waals surface area contributed by atoms with Crippen LogP contribution in [0.4, 0.5) is 0 Å². The Bertz CT molecular complexity index is 908. The van der Waals surface area contributed by atoms with Gasteiger partial charge in [0.2, 0.25) is 5.88 Å². The highest BCUT2D eigenvalue weighted by Gasteiger charge is 2.22. The summed E-state index contributed by atoms with van der Waals surface area (Å²) < 4.78 is 13.9. The molecule has 0 radical (unpaired) electrons. The molecule has 0 aliphatic rings. The topological polar surface area (TPSA) is 71.2 Å². The van der Waals surface area contributed by atoms with Gasteiger partial charge in [0.25, 0.3) is 0 Å². The van der Waals surface area contributed by atoms with Crippen molar-refractivity contribution >= 4 is 16.9 Å². The van der Waals surface area contributed by atoms with E-state index >= 15 is 0 Å². The van der Waals surface area contributed by atoms with Crippen LogP contribution in [0.25, 0.3) is 22.2 Å². The lowest BCUT2D eigenvalue weighted by molar-refractivity contribution is 0.0586. The third kappa shape index (κ3) is 2.42. The third-order valence-electron chi connectivity index (χ3n) is 4.00. The highest BCUT2D eigenvalue weighted by atomic mass is 16.5. The Balaban J connectivity index is 2.27. The van der Waals surface area contributed by atoms with Gasteiger partial charge in [0.1, 0.15) is 11.4 Å². The third-order valence-corrected chi connectivity index (χ3v) is 4.00. The number of pyridine rings is 1. The lowest BCUT2D eigenvalue weighted by atomic mass is 10.1. The van der Waals surface area contributed by atoms with Gasteiger partial charge in [-0.25, -0.2) is 9.78 Å². The van der Waals surface area contributed by atoms with Crippen LogP contribution in [-0.4, -0.2) is 39.5 Å². The zero-order valence-electron chi connectivity index (χ0n) is 14.4. The van der Waals surface area contributed by atoms with Crippen LogP contribution >= 0.6 is 0 Å². The number of carbonyl (C=O) groups excluding carboxylic acids is 1. The standard InChI is InChI=1S/C17H20N4O3/c1-10(2)21-9-11(8-13(21)17(22)24-5)15-14-12(20(3)19-15)6-7-18-16(14)23-4/h6-10H,1-5H3. The van der Waals surface area contributed by atoms with Crippen LogP contribution in [0.3, 0.4) is 0 Å². The molecule has 3 rings (SSSR count). The number of carbonyl (C=O) groups is 1. The zero-order chi connectivity index (χ0) is 17.4. The Kier molecular flexibility index (Phi) is 4.01. The molecule has 0 spiro atoms. The number of aryl methyl sites for hydroxylation is 1. The van der Waals surface area contributed by atoms with E-state index in [1.807, 2.05) is 37.7 Å². The number of aromatic nitrogens is 4. The normalized spacial score (nSPS) is 11.2. The van der Waals surface area contributed by atoms with Gasteiger partial charge >= 0.3 is 5.97 Å². The molecular formula is C17H20N4O3. The van der Waals surface area contributed by atoms with Crippen molar-refractivity contribution in [1.82, 2.24) is 19.3 Å². The molecule has 0 aliphatic heterocycles. The summed E-state index contributed by atoms with van der Waals surface area (Å²) in [6.45, 7) is 4.02. The smallest absolute Gasteiger partial charge is 0.354 e. The molecule has 0 aromatic carbocycles. The van der Waals surface area contributed by atoms with Crippen LogP contribution in [0.1, 0.15) is 30.4 Å². The van der Waals surface area contributed by atoms with E-state index in [4.69, 9.17) is 9.47 Å². The second kappa shape index (κ2) is 5.99. The molecule has 0 saturated carbocycles. The first-order valence-electron chi connectivity index (χ1n) is 7.64. The highest BCUT2D eigenvalue weighted by Crippen LogP contribution is 2.34. The Morgan fingerprint density at radius 2 is 2.04 bits per heavy atom. The first-order chi connectivity index (χ1) is 11.5. The second-order valence-corrected chi connectivity index (χ2v) is 5.79. The first-order valence-corrected chi connectivity index (χ1v) is 7.64. The number of fused-ring (bicyclic) bond motifs is 1. The minimum absolute atomic E-state index is 0.114. The monoisotopic (exact) mass is 328 g/mol. The highest BCUT2D eigenvalue weighted by molar-refractivity contribution is 5.98. The van der Waals surface area contributed by atoms with Crippen molar-refractivity contribution in [2.45, 2.75) is 19.9 Å². The molecule has 126 valence electrons. The first kappa shape index (κ1) is 16.0. The minimum Gasteiger partial charge on any atom is -0.480 e.